The summed E-state index contributed by atoms with van der Waals surface area (Å²) < 4.78 is 0. The van der Waals surface area contributed by atoms with Gasteiger partial charge in [0.05, 0.1) is 0 Å². The van der Waals surface area contributed by atoms with Crippen LogP contribution in [0.1, 0.15) is 16.8 Å². The minimum atomic E-state index is -0.0289. The quantitative estimate of drug-likeness (QED) is 0.757. The Labute approximate surface area is 133 Å². The second-order valence-corrected chi connectivity index (χ2v) is 5.42. The molecule has 0 aliphatic carbocycles. The van der Waals surface area contributed by atoms with E-state index < -0.39 is 0 Å². The van der Waals surface area contributed by atoms with Crippen molar-refractivity contribution in [2.75, 3.05) is 0 Å². The fourth-order valence-electron chi connectivity index (χ4n) is 2.52. The maximum Gasteiger partial charge on any atom is 0.237 e. The summed E-state index contributed by atoms with van der Waals surface area (Å²) in [6, 6.07) is 11.8. The van der Waals surface area contributed by atoms with Gasteiger partial charge in [0, 0.05) is 29.1 Å². The van der Waals surface area contributed by atoms with Crippen LogP contribution >= 0.6 is 0 Å². The van der Waals surface area contributed by atoms with E-state index in [1.165, 1.54) is 5.56 Å². The number of nitrogens with one attached hydrogen (secondary N) is 1. The number of pyridine rings is 1. The minimum absolute atomic E-state index is 0.0289. The number of nitrogens with zero attached hydrogens (tertiary/aromatic N) is 3. The van der Waals surface area contributed by atoms with Gasteiger partial charge in [-0.15, -0.1) is 0 Å². The third-order valence-electron chi connectivity index (χ3n) is 3.76. The lowest BCUT2D eigenvalue weighted by atomic mass is 10.1. The van der Waals surface area contributed by atoms with E-state index in [1.54, 1.807) is 12.4 Å². The summed E-state index contributed by atoms with van der Waals surface area (Å²) in [4.78, 5) is 15.8. The highest BCUT2D eigenvalue weighted by atomic mass is 16.3. The van der Waals surface area contributed by atoms with E-state index in [1.807, 2.05) is 49.4 Å². The van der Waals surface area contributed by atoms with Gasteiger partial charge in [-0.2, -0.15) is 4.98 Å². The molecule has 5 heteroatoms. The van der Waals surface area contributed by atoms with Crippen LogP contribution in [-0.4, -0.2) is 26.3 Å². The van der Waals surface area contributed by atoms with Crippen molar-refractivity contribution >= 4 is 23.7 Å². The van der Waals surface area contributed by atoms with Gasteiger partial charge in [0.15, 0.2) is 5.82 Å². The number of aromatic nitrogens is 3. The number of benzene rings is 1. The molecule has 3 heterocycles. The van der Waals surface area contributed by atoms with Crippen molar-refractivity contribution in [2.24, 2.45) is 4.99 Å². The Morgan fingerprint density at radius 2 is 1.96 bits per heavy atom. The maximum atomic E-state index is 10.1. The largest absolute Gasteiger partial charge is 0.492 e. The van der Waals surface area contributed by atoms with Crippen LogP contribution in [0.2, 0.25) is 0 Å². The van der Waals surface area contributed by atoms with Crippen LogP contribution in [0.3, 0.4) is 0 Å². The zero-order valence-corrected chi connectivity index (χ0v) is 12.5. The van der Waals surface area contributed by atoms with Gasteiger partial charge in [-0.1, -0.05) is 29.8 Å². The van der Waals surface area contributed by atoms with Gasteiger partial charge >= 0.3 is 0 Å². The van der Waals surface area contributed by atoms with Crippen molar-refractivity contribution in [3.63, 3.8) is 0 Å². The smallest absolute Gasteiger partial charge is 0.237 e. The summed E-state index contributed by atoms with van der Waals surface area (Å²) >= 11 is 0. The Hall–Kier alpha value is -3.21. The van der Waals surface area contributed by atoms with Crippen LogP contribution in [0.5, 0.6) is 5.88 Å². The summed E-state index contributed by atoms with van der Waals surface area (Å²) in [5, 5.41) is 10.1. The second-order valence-electron chi connectivity index (χ2n) is 5.42. The number of aryl methyl sites for hydroxylation is 1. The van der Waals surface area contributed by atoms with E-state index in [2.05, 4.69) is 19.9 Å². The van der Waals surface area contributed by atoms with Gasteiger partial charge in [-0.25, -0.2) is 9.98 Å². The number of rotatable bonds is 2. The number of imidazole rings is 1. The van der Waals surface area contributed by atoms with Crippen LogP contribution in [0.15, 0.2) is 47.6 Å². The van der Waals surface area contributed by atoms with Gasteiger partial charge in [0.25, 0.3) is 0 Å². The first-order chi connectivity index (χ1) is 11.2. The summed E-state index contributed by atoms with van der Waals surface area (Å²) in [5.74, 6) is 1.30. The Balaban J connectivity index is 1.73. The molecule has 0 saturated carbocycles. The van der Waals surface area contributed by atoms with Crippen molar-refractivity contribution in [3.8, 4) is 17.3 Å². The molecule has 1 aliphatic heterocycles. The molecule has 3 aromatic rings. The fourth-order valence-corrected chi connectivity index (χ4v) is 2.52. The Kier molecular flexibility index (Phi) is 3.05. The predicted molar refractivity (Wildman–Crippen MR) is 90.7 cm³/mol. The van der Waals surface area contributed by atoms with Crippen LogP contribution in [0.25, 0.3) is 23.0 Å². The molecular weight excluding hydrogens is 288 g/mol. The van der Waals surface area contributed by atoms with Crippen LogP contribution in [0.4, 0.5) is 5.82 Å². The molecule has 1 aromatic carbocycles. The lowest BCUT2D eigenvalue weighted by Crippen LogP contribution is -1.83. The molecule has 0 unspecified atom stereocenters. The van der Waals surface area contributed by atoms with E-state index in [9.17, 15) is 5.11 Å². The summed E-state index contributed by atoms with van der Waals surface area (Å²) in [6.07, 6.45) is 5.28. The number of H-pyrrole nitrogens is 1. The maximum absolute atomic E-state index is 10.1. The molecule has 2 aromatic heterocycles. The van der Waals surface area contributed by atoms with Gasteiger partial charge in [-0.05, 0) is 25.1 Å². The Bertz CT molecular complexity index is 936. The minimum Gasteiger partial charge on any atom is -0.492 e. The molecule has 0 radical (unpaired) electrons. The van der Waals surface area contributed by atoms with Crippen molar-refractivity contribution in [1.29, 1.82) is 0 Å². The molecule has 4 rings (SSSR count). The molecule has 2 N–H and O–H groups in total. The molecule has 0 bridgehead atoms. The van der Waals surface area contributed by atoms with Crippen molar-refractivity contribution in [2.45, 2.75) is 6.92 Å². The number of allylic oxidation sites excluding steroid dienone is 1. The Morgan fingerprint density at radius 1 is 1.13 bits per heavy atom. The van der Waals surface area contributed by atoms with Crippen LogP contribution in [-0.2, 0) is 0 Å². The summed E-state index contributed by atoms with van der Waals surface area (Å²) in [5.41, 5.74) is 4.50. The lowest BCUT2D eigenvalue weighted by molar-refractivity contribution is 0.455. The van der Waals surface area contributed by atoms with E-state index in [4.69, 9.17) is 0 Å². The first-order valence-corrected chi connectivity index (χ1v) is 7.28. The number of fused-ring (bicyclic) bond motifs is 1. The van der Waals surface area contributed by atoms with Crippen LogP contribution < -0.4 is 0 Å². The van der Waals surface area contributed by atoms with Gasteiger partial charge in [0.1, 0.15) is 11.5 Å². The SMILES string of the molecule is Cc1ccc(-c2nc(O)c(/C=C3\C=Nc4ncccc43)[nH]2)cc1. The standard InChI is InChI=1S/C18H14N4O/c1-11-4-6-12(7-5-11)16-21-15(18(23)22-16)9-13-10-20-17-14(13)3-2-8-19-17/h2-10,23H,1H3,(H,21,22)/b13-9+. The summed E-state index contributed by atoms with van der Waals surface area (Å²) in [6.45, 7) is 2.03. The zero-order chi connectivity index (χ0) is 15.8. The molecule has 112 valence electrons. The molecule has 0 saturated heterocycles. The topological polar surface area (TPSA) is 74.2 Å². The van der Waals surface area contributed by atoms with Crippen molar-refractivity contribution in [3.05, 3.63) is 59.4 Å². The number of aromatic amines is 1. The molecule has 0 spiro atoms. The number of aliphatic imine (C=N–C) groups is 1. The molecule has 1 aliphatic rings. The number of aromatic hydroxyl groups is 1. The number of hydrogen-bond donors (Lipinski definition) is 2. The monoisotopic (exact) mass is 302 g/mol. The first kappa shape index (κ1) is 13.5. The van der Waals surface area contributed by atoms with E-state index in [-0.39, 0.29) is 5.88 Å². The molecule has 0 fully saturated rings. The van der Waals surface area contributed by atoms with Gasteiger partial charge < -0.3 is 10.1 Å². The Morgan fingerprint density at radius 3 is 2.78 bits per heavy atom. The van der Waals surface area contributed by atoms with Gasteiger partial charge in [0.2, 0.25) is 5.88 Å². The average molecular weight is 302 g/mol. The molecular formula is C18H14N4O. The van der Waals surface area contributed by atoms with E-state index in [0.29, 0.717) is 17.3 Å². The highest BCUT2D eigenvalue weighted by molar-refractivity contribution is 6.20. The fraction of sp³-hybridized carbons (Fsp3) is 0.0556. The van der Waals surface area contributed by atoms with E-state index in [0.717, 1.165) is 16.7 Å². The zero-order valence-electron chi connectivity index (χ0n) is 12.5. The molecule has 0 amide bonds. The highest BCUT2D eigenvalue weighted by Crippen LogP contribution is 2.32. The normalized spacial score (nSPS) is 14.4. The first-order valence-electron chi connectivity index (χ1n) is 7.28. The summed E-state index contributed by atoms with van der Waals surface area (Å²) in [7, 11) is 0. The molecule has 5 nitrogen and oxygen atoms in total. The van der Waals surface area contributed by atoms with Crippen LogP contribution in [0, 0.1) is 6.92 Å². The van der Waals surface area contributed by atoms with Gasteiger partial charge in [-0.3, -0.25) is 0 Å². The number of hydrogen-bond acceptors (Lipinski definition) is 4. The third-order valence-corrected chi connectivity index (χ3v) is 3.76. The predicted octanol–water partition coefficient (Wildman–Crippen LogP) is 3.74. The third kappa shape index (κ3) is 2.42. The second kappa shape index (κ2) is 5.21. The van der Waals surface area contributed by atoms with E-state index >= 15 is 0 Å². The highest BCUT2D eigenvalue weighted by Gasteiger charge is 2.15. The molecule has 0 atom stereocenters. The molecule has 23 heavy (non-hydrogen) atoms. The average Bonchev–Trinajstić information content (AvgIpc) is 3.13. The van der Waals surface area contributed by atoms with Crippen molar-refractivity contribution < 1.29 is 5.11 Å². The van der Waals surface area contributed by atoms with Crippen molar-refractivity contribution in [1.82, 2.24) is 15.0 Å². The lowest BCUT2D eigenvalue weighted by Gasteiger charge is -1.98.